The standard InChI is InChI=1S/C13H17N3O2S2/c1-9-12(16(2)8-11-4-3-5-19-11)6-10(14)7-13(9)20(15,17)18/h3-7H,8,14H2,1-2H3,(H2,15,17,18). The van der Waals surface area contributed by atoms with Gasteiger partial charge in [0.15, 0.2) is 0 Å². The fourth-order valence-corrected chi connectivity index (χ4v) is 3.70. The van der Waals surface area contributed by atoms with Gasteiger partial charge < -0.3 is 10.6 Å². The van der Waals surface area contributed by atoms with Crippen molar-refractivity contribution in [1.29, 1.82) is 0 Å². The highest BCUT2D eigenvalue weighted by molar-refractivity contribution is 7.89. The number of nitrogen functional groups attached to an aromatic ring is 1. The maximum Gasteiger partial charge on any atom is 0.238 e. The number of anilines is 2. The van der Waals surface area contributed by atoms with E-state index >= 15 is 0 Å². The van der Waals surface area contributed by atoms with E-state index in [0.29, 0.717) is 17.8 Å². The van der Waals surface area contributed by atoms with Gasteiger partial charge in [-0.05, 0) is 36.1 Å². The molecule has 0 saturated heterocycles. The van der Waals surface area contributed by atoms with Crippen LogP contribution in [0.2, 0.25) is 0 Å². The summed E-state index contributed by atoms with van der Waals surface area (Å²) in [5.74, 6) is 0. The van der Waals surface area contributed by atoms with Crippen LogP contribution in [-0.4, -0.2) is 15.5 Å². The van der Waals surface area contributed by atoms with Gasteiger partial charge in [0.2, 0.25) is 10.0 Å². The van der Waals surface area contributed by atoms with E-state index in [4.69, 9.17) is 10.9 Å². The molecule has 0 aliphatic rings. The Hall–Kier alpha value is -1.57. The molecule has 20 heavy (non-hydrogen) atoms. The van der Waals surface area contributed by atoms with Crippen LogP contribution in [-0.2, 0) is 16.6 Å². The van der Waals surface area contributed by atoms with Crippen molar-refractivity contribution in [3.05, 3.63) is 40.1 Å². The lowest BCUT2D eigenvalue weighted by molar-refractivity contribution is 0.597. The monoisotopic (exact) mass is 311 g/mol. The van der Waals surface area contributed by atoms with Gasteiger partial charge in [0, 0.05) is 23.3 Å². The molecule has 5 nitrogen and oxygen atoms in total. The molecule has 0 radical (unpaired) electrons. The first-order chi connectivity index (χ1) is 9.29. The molecule has 4 N–H and O–H groups in total. The first kappa shape index (κ1) is 14.8. The topological polar surface area (TPSA) is 89.4 Å². The molecule has 0 spiro atoms. The highest BCUT2D eigenvalue weighted by atomic mass is 32.2. The minimum absolute atomic E-state index is 0.0746. The van der Waals surface area contributed by atoms with Crippen molar-refractivity contribution in [3.8, 4) is 0 Å². The van der Waals surface area contributed by atoms with Crippen LogP contribution in [0.3, 0.4) is 0 Å². The molecule has 0 bridgehead atoms. The molecule has 1 aromatic heterocycles. The van der Waals surface area contributed by atoms with Gasteiger partial charge in [-0.3, -0.25) is 0 Å². The third-order valence-electron chi connectivity index (χ3n) is 3.05. The molecule has 0 aliphatic carbocycles. The number of benzene rings is 1. The normalized spacial score (nSPS) is 11.6. The number of hydrogen-bond acceptors (Lipinski definition) is 5. The lowest BCUT2D eigenvalue weighted by Crippen LogP contribution is -2.20. The average molecular weight is 311 g/mol. The van der Waals surface area contributed by atoms with E-state index in [9.17, 15) is 8.42 Å². The van der Waals surface area contributed by atoms with Gasteiger partial charge in [-0.2, -0.15) is 0 Å². The second kappa shape index (κ2) is 5.43. The van der Waals surface area contributed by atoms with Crippen LogP contribution in [0.1, 0.15) is 10.4 Å². The van der Waals surface area contributed by atoms with Gasteiger partial charge in [-0.1, -0.05) is 6.07 Å². The summed E-state index contributed by atoms with van der Waals surface area (Å²) < 4.78 is 23.2. The summed E-state index contributed by atoms with van der Waals surface area (Å²) in [5, 5.41) is 7.24. The average Bonchev–Trinajstić information content (AvgIpc) is 2.83. The Morgan fingerprint density at radius 1 is 1.35 bits per heavy atom. The third-order valence-corrected chi connectivity index (χ3v) is 4.94. The summed E-state index contributed by atoms with van der Waals surface area (Å²) in [5.41, 5.74) is 7.55. The quantitative estimate of drug-likeness (QED) is 0.844. The lowest BCUT2D eigenvalue weighted by Gasteiger charge is -2.22. The highest BCUT2D eigenvalue weighted by Gasteiger charge is 2.17. The Bertz CT molecular complexity index is 709. The first-order valence-electron chi connectivity index (χ1n) is 5.95. The molecule has 0 aliphatic heterocycles. The van der Waals surface area contributed by atoms with Crippen molar-refractivity contribution in [2.45, 2.75) is 18.4 Å². The number of hydrogen-bond donors (Lipinski definition) is 2. The van der Waals surface area contributed by atoms with Crippen molar-refractivity contribution >= 4 is 32.7 Å². The van der Waals surface area contributed by atoms with Crippen molar-refractivity contribution in [2.75, 3.05) is 17.7 Å². The van der Waals surface area contributed by atoms with Crippen LogP contribution in [0.5, 0.6) is 0 Å². The molecule has 1 heterocycles. The van der Waals surface area contributed by atoms with E-state index in [1.54, 1.807) is 24.3 Å². The summed E-state index contributed by atoms with van der Waals surface area (Å²) in [6.45, 7) is 2.42. The van der Waals surface area contributed by atoms with Crippen LogP contribution in [0.25, 0.3) is 0 Å². The fraction of sp³-hybridized carbons (Fsp3) is 0.231. The van der Waals surface area contributed by atoms with Gasteiger partial charge in [0.25, 0.3) is 0 Å². The van der Waals surface area contributed by atoms with E-state index in [1.807, 2.05) is 29.5 Å². The van der Waals surface area contributed by atoms with Crippen LogP contribution < -0.4 is 15.8 Å². The number of thiophene rings is 1. The Morgan fingerprint density at radius 3 is 2.60 bits per heavy atom. The highest BCUT2D eigenvalue weighted by Crippen LogP contribution is 2.29. The summed E-state index contributed by atoms with van der Waals surface area (Å²) in [6, 6.07) is 7.17. The van der Waals surface area contributed by atoms with Crippen LogP contribution >= 0.6 is 11.3 Å². The second-order valence-corrected chi connectivity index (χ2v) is 7.21. The number of sulfonamides is 1. The van der Waals surface area contributed by atoms with Crippen molar-refractivity contribution < 1.29 is 8.42 Å². The summed E-state index contributed by atoms with van der Waals surface area (Å²) >= 11 is 1.65. The molecule has 0 atom stereocenters. The van der Waals surface area contributed by atoms with Gasteiger partial charge in [0.1, 0.15) is 0 Å². The van der Waals surface area contributed by atoms with Gasteiger partial charge >= 0.3 is 0 Å². The maximum absolute atomic E-state index is 11.6. The van der Waals surface area contributed by atoms with Crippen molar-refractivity contribution in [3.63, 3.8) is 0 Å². The minimum Gasteiger partial charge on any atom is -0.399 e. The second-order valence-electron chi connectivity index (χ2n) is 4.64. The molecule has 0 unspecified atom stereocenters. The third kappa shape index (κ3) is 3.12. The van der Waals surface area contributed by atoms with E-state index in [-0.39, 0.29) is 4.90 Å². The Morgan fingerprint density at radius 2 is 2.05 bits per heavy atom. The zero-order valence-corrected chi connectivity index (χ0v) is 13.0. The number of rotatable bonds is 4. The smallest absolute Gasteiger partial charge is 0.238 e. The Balaban J connectivity index is 2.44. The van der Waals surface area contributed by atoms with E-state index < -0.39 is 10.0 Å². The lowest BCUT2D eigenvalue weighted by atomic mass is 10.1. The Kier molecular flexibility index (Phi) is 4.03. The molecule has 0 fully saturated rings. The molecular weight excluding hydrogens is 294 g/mol. The molecule has 0 saturated carbocycles. The molecule has 0 amide bonds. The summed E-state index contributed by atoms with van der Waals surface area (Å²) in [7, 11) is -1.88. The van der Waals surface area contributed by atoms with Gasteiger partial charge in [0.05, 0.1) is 11.4 Å². The molecule has 7 heteroatoms. The van der Waals surface area contributed by atoms with Crippen LogP contribution in [0.15, 0.2) is 34.5 Å². The first-order valence-corrected chi connectivity index (χ1v) is 8.38. The van der Waals surface area contributed by atoms with Crippen molar-refractivity contribution in [2.24, 2.45) is 5.14 Å². The number of primary sulfonamides is 1. The zero-order chi connectivity index (χ0) is 14.9. The predicted molar refractivity (Wildman–Crippen MR) is 83.4 cm³/mol. The largest absolute Gasteiger partial charge is 0.399 e. The molecular formula is C13H17N3O2S2. The van der Waals surface area contributed by atoms with E-state index in [2.05, 4.69) is 0 Å². The van der Waals surface area contributed by atoms with Crippen LogP contribution in [0.4, 0.5) is 11.4 Å². The van der Waals surface area contributed by atoms with Crippen LogP contribution in [0, 0.1) is 6.92 Å². The number of nitrogens with two attached hydrogens (primary N) is 2. The predicted octanol–water partition coefficient (Wildman–Crippen LogP) is 1.92. The molecule has 2 rings (SSSR count). The molecule has 2 aromatic rings. The zero-order valence-electron chi connectivity index (χ0n) is 11.3. The maximum atomic E-state index is 11.6. The number of nitrogens with zero attached hydrogens (tertiary/aromatic N) is 1. The Labute approximate surface area is 122 Å². The van der Waals surface area contributed by atoms with E-state index in [0.717, 1.165) is 5.69 Å². The SMILES string of the molecule is Cc1c(N(C)Cc2cccs2)cc(N)cc1S(N)(=O)=O. The fourth-order valence-electron chi connectivity index (χ4n) is 2.11. The summed E-state index contributed by atoms with van der Waals surface area (Å²) in [4.78, 5) is 3.23. The van der Waals surface area contributed by atoms with Gasteiger partial charge in [-0.15, -0.1) is 11.3 Å². The minimum atomic E-state index is -3.78. The summed E-state index contributed by atoms with van der Waals surface area (Å²) in [6.07, 6.45) is 0. The molecule has 108 valence electrons. The van der Waals surface area contributed by atoms with Crippen molar-refractivity contribution in [1.82, 2.24) is 0 Å². The van der Waals surface area contributed by atoms with Gasteiger partial charge in [-0.25, -0.2) is 13.6 Å². The van der Waals surface area contributed by atoms with E-state index in [1.165, 1.54) is 10.9 Å². The molecule has 1 aromatic carbocycles.